The first-order valence-corrected chi connectivity index (χ1v) is 9.51. The van der Waals surface area contributed by atoms with Gasteiger partial charge in [-0.05, 0) is 36.9 Å². The molecule has 0 unspecified atom stereocenters. The summed E-state index contributed by atoms with van der Waals surface area (Å²) in [5.41, 5.74) is 0. The molecule has 7 heteroatoms. The van der Waals surface area contributed by atoms with Crippen molar-refractivity contribution in [1.82, 2.24) is 10.2 Å². The predicted octanol–water partition coefficient (Wildman–Crippen LogP) is 4.02. The molecule has 2 aromatic heterocycles. The fraction of sp³-hybridized carbons (Fsp3) is 0.375. The van der Waals surface area contributed by atoms with E-state index in [1.54, 1.807) is 6.07 Å². The summed E-state index contributed by atoms with van der Waals surface area (Å²) in [6, 6.07) is 7.43. The van der Waals surface area contributed by atoms with Crippen LogP contribution in [-0.2, 0) is 11.3 Å². The van der Waals surface area contributed by atoms with Crippen LogP contribution in [0.4, 0.5) is 0 Å². The van der Waals surface area contributed by atoms with E-state index in [4.69, 9.17) is 11.6 Å². The van der Waals surface area contributed by atoms with E-state index in [-0.39, 0.29) is 11.8 Å². The second kappa shape index (κ2) is 9.05. The smallest absolute Gasteiger partial charge is 0.261 e. The summed E-state index contributed by atoms with van der Waals surface area (Å²) in [5.74, 6) is 0.0235. The Morgan fingerprint density at radius 2 is 2.13 bits per heavy atom. The van der Waals surface area contributed by atoms with Crippen molar-refractivity contribution in [2.75, 3.05) is 13.1 Å². The van der Waals surface area contributed by atoms with Crippen LogP contribution in [0.5, 0.6) is 0 Å². The van der Waals surface area contributed by atoms with E-state index in [1.165, 1.54) is 22.7 Å². The molecule has 0 aliphatic carbocycles. The molecule has 2 amide bonds. The Morgan fingerprint density at radius 3 is 2.74 bits per heavy atom. The maximum atomic E-state index is 12.2. The largest absolute Gasteiger partial charge is 0.351 e. The van der Waals surface area contributed by atoms with Gasteiger partial charge in [-0.3, -0.25) is 9.59 Å². The van der Waals surface area contributed by atoms with Crippen LogP contribution in [-0.4, -0.2) is 29.8 Å². The average molecular weight is 371 g/mol. The lowest BCUT2D eigenvalue weighted by Gasteiger charge is -2.20. The molecule has 0 radical (unpaired) electrons. The summed E-state index contributed by atoms with van der Waals surface area (Å²) >= 11 is 8.82. The van der Waals surface area contributed by atoms with Crippen LogP contribution in [0.2, 0.25) is 4.34 Å². The van der Waals surface area contributed by atoms with Crippen LogP contribution >= 0.6 is 34.3 Å². The highest BCUT2D eigenvalue weighted by Crippen LogP contribution is 2.22. The number of carbonyl (C=O) groups excluding carboxylic acids is 2. The number of hydrogen-bond acceptors (Lipinski definition) is 4. The predicted molar refractivity (Wildman–Crippen MR) is 96.3 cm³/mol. The van der Waals surface area contributed by atoms with E-state index in [0.29, 0.717) is 37.4 Å². The normalized spacial score (nSPS) is 10.5. The van der Waals surface area contributed by atoms with Crippen molar-refractivity contribution in [2.45, 2.75) is 26.3 Å². The lowest BCUT2D eigenvalue weighted by Crippen LogP contribution is -2.31. The summed E-state index contributed by atoms with van der Waals surface area (Å²) < 4.78 is 0.736. The van der Waals surface area contributed by atoms with Crippen molar-refractivity contribution >= 4 is 46.1 Å². The molecule has 0 saturated heterocycles. The number of thiophene rings is 2. The van der Waals surface area contributed by atoms with Gasteiger partial charge in [0.15, 0.2) is 0 Å². The Kier molecular flexibility index (Phi) is 7.08. The lowest BCUT2D eigenvalue weighted by molar-refractivity contribution is -0.131. The van der Waals surface area contributed by atoms with Gasteiger partial charge >= 0.3 is 0 Å². The Bertz CT molecular complexity index is 640. The van der Waals surface area contributed by atoms with Gasteiger partial charge in [0, 0.05) is 24.4 Å². The molecule has 0 spiro atoms. The van der Waals surface area contributed by atoms with E-state index < -0.39 is 0 Å². The van der Waals surface area contributed by atoms with Crippen molar-refractivity contribution < 1.29 is 9.59 Å². The van der Waals surface area contributed by atoms with E-state index in [9.17, 15) is 9.59 Å². The van der Waals surface area contributed by atoms with E-state index in [0.717, 1.165) is 9.21 Å². The fourth-order valence-electron chi connectivity index (χ4n) is 2.10. The number of nitrogens with one attached hydrogen (secondary N) is 1. The molecule has 1 N–H and O–H groups in total. The van der Waals surface area contributed by atoms with Crippen LogP contribution in [0, 0.1) is 0 Å². The standard InChI is InChI=1S/C16H19ClN2O2S2/c1-2-19(11-12-7-8-14(17)23-12)15(20)6-3-9-18-16(21)13-5-4-10-22-13/h4-5,7-8,10H,2-3,6,9,11H2,1H3,(H,18,21). The molecule has 0 fully saturated rings. The van der Waals surface area contributed by atoms with Crippen molar-refractivity contribution in [1.29, 1.82) is 0 Å². The van der Waals surface area contributed by atoms with Crippen LogP contribution in [0.15, 0.2) is 29.6 Å². The minimum Gasteiger partial charge on any atom is -0.351 e. The van der Waals surface area contributed by atoms with Crippen molar-refractivity contribution in [3.8, 4) is 0 Å². The molecule has 23 heavy (non-hydrogen) atoms. The van der Waals surface area contributed by atoms with Gasteiger partial charge in [0.2, 0.25) is 5.91 Å². The number of nitrogens with zero attached hydrogens (tertiary/aromatic N) is 1. The fourth-order valence-corrected chi connectivity index (χ4v) is 3.84. The molecule has 2 aromatic rings. The molecule has 4 nitrogen and oxygen atoms in total. The summed E-state index contributed by atoms with van der Waals surface area (Å²) in [4.78, 5) is 27.6. The zero-order chi connectivity index (χ0) is 16.7. The molecular formula is C16H19ClN2O2S2. The second-order valence-electron chi connectivity index (χ2n) is 4.95. The molecular weight excluding hydrogens is 352 g/mol. The van der Waals surface area contributed by atoms with Gasteiger partial charge < -0.3 is 10.2 Å². The number of rotatable bonds is 8. The summed E-state index contributed by atoms with van der Waals surface area (Å²) in [5, 5.41) is 4.71. The van der Waals surface area contributed by atoms with Crippen LogP contribution in [0.3, 0.4) is 0 Å². The highest BCUT2D eigenvalue weighted by molar-refractivity contribution is 7.16. The third kappa shape index (κ3) is 5.64. The summed E-state index contributed by atoms with van der Waals surface area (Å²) in [7, 11) is 0. The molecule has 0 saturated carbocycles. The molecule has 0 aromatic carbocycles. The maximum absolute atomic E-state index is 12.2. The van der Waals surface area contributed by atoms with E-state index in [1.807, 2.05) is 35.4 Å². The highest BCUT2D eigenvalue weighted by atomic mass is 35.5. The molecule has 0 atom stereocenters. The van der Waals surface area contributed by atoms with Gasteiger partial charge in [0.25, 0.3) is 5.91 Å². The molecule has 124 valence electrons. The second-order valence-corrected chi connectivity index (χ2v) is 7.70. The third-order valence-corrected chi connectivity index (χ3v) is 5.39. The Hall–Kier alpha value is -1.37. The van der Waals surface area contributed by atoms with Gasteiger partial charge in [0.1, 0.15) is 0 Å². The van der Waals surface area contributed by atoms with Gasteiger partial charge in [-0.15, -0.1) is 22.7 Å². The molecule has 0 bridgehead atoms. The Morgan fingerprint density at radius 1 is 1.30 bits per heavy atom. The van der Waals surface area contributed by atoms with Crippen molar-refractivity contribution in [3.05, 3.63) is 43.7 Å². The summed E-state index contributed by atoms with van der Waals surface area (Å²) in [6.07, 6.45) is 1.06. The van der Waals surface area contributed by atoms with Crippen molar-refractivity contribution in [3.63, 3.8) is 0 Å². The first kappa shape index (κ1) is 18.0. The van der Waals surface area contributed by atoms with E-state index >= 15 is 0 Å². The van der Waals surface area contributed by atoms with Crippen molar-refractivity contribution in [2.24, 2.45) is 0 Å². The van der Waals surface area contributed by atoms with Gasteiger partial charge in [0.05, 0.1) is 15.8 Å². The SMILES string of the molecule is CCN(Cc1ccc(Cl)s1)C(=O)CCCNC(=O)c1cccs1. The number of halogens is 1. The minimum atomic E-state index is -0.0759. The lowest BCUT2D eigenvalue weighted by atomic mass is 10.2. The first-order chi connectivity index (χ1) is 11.1. The van der Waals surface area contributed by atoms with Crippen LogP contribution in [0.25, 0.3) is 0 Å². The van der Waals surface area contributed by atoms with E-state index in [2.05, 4.69) is 5.32 Å². The molecule has 0 aliphatic rings. The third-order valence-electron chi connectivity index (χ3n) is 3.31. The average Bonchev–Trinajstić information content (AvgIpc) is 3.20. The maximum Gasteiger partial charge on any atom is 0.261 e. The van der Waals surface area contributed by atoms with Gasteiger partial charge in [-0.1, -0.05) is 17.7 Å². The Labute approximate surface area is 149 Å². The first-order valence-electron chi connectivity index (χ1n) is 7.44. The molecule has 2 rings (SSSR count). The zero-order valence-electron chi connectivity index (χ0n) is 12.9. The summed E-state index contributed by atoms with van der Waals surface area (Å²) in [6.45, 7) is 3.72. The zero-order valence-corrected chi connectivity index (χ0v) is 15.3. The molecule has 2 heterocycles. The highest BCUT2D eigenvalue weighted by Gasteiger charge is 2.13. The quantitative estimate of drug-likeness (QED) is 0.713. The topological polar surface area (TPSA) is 49.4 Å². The minimum absolute atomic E-state index is 0.0759. The number of hydrogen-bond donors (Lipinski definition) is 1. The number of amides is 2. The monoisotopic (exact) mass is 370 g/mol. The Balaban J connectivity index is 1.71. The molecule has 0 aliphatic heterocycles. The van der Waals surface area contributed by atoms with Crippen LogP contribution in [0.1, 0.15) is 34.3 Å². The van der Waals surface area contributed by atoms with Gasteiger partial charge in [-0.25, -0.2) is 0 Å². The number of carbonyl (C=O) groups is 2. The van der Waals surface area contributed by atoms with Crippen LogP contribution < -0.4 is 5.32 Å². The van der Waals surface area contributed by atoms with Gasteiger partial charge in [-0.2, -0.15) is 0 Å².